The Morgan fingerprint density at radius 2 is 2.19 bits per heavy atom. The lowest BCUT2D eigenvalue weighted by molar-refractivity contribution is -0.113. The summed E-state index contributed by atoms with van der Waals surface area (Å²) < 4.78 is 27.8. The highest BCUT2D eigenvalue weighted by Crippen LogP contribution is 2.30. The van der Waals surface area contributed by atoms with Crippen LogP contribution < -0.4 is 11.2 Å². The molecule has 0 atom stereocenters. The molecular weight excluding hydrogens is 376 g/mol. The van der Waals surface area contributed by atoms with Crippen LogP contribution in [0.15, 0.2) is 23.4 Å². The lowest BCUT2D eigenvalue weighted by Gasteiger charge is -2.06. The van der Waals surface area contributed by atoms with E-state index in [1.807, 2.05) is 0 Å². The Labute approximate surface area is 156 Å². The fourth-order valence-electron chi connectivity index (χ4n) is 2.95. The van der Waals surface area contributed by atoms with Crippen molar-refractivity contribution in [3.05, 3.63) is 41.1 Å². The summed E-state index contributed by atoms with van der Waals surface area (Å²) in [6.45, 7) is 0. The van der Waals surface area contributed by atoms with E-state index < -0.39 is 17.5 Å². The second kappa shape index (κ2) is 6.99. The summed E-state index contributed by atoms with van der Waals surface area (Å²) in [6, 6.07) is 2.93. The first kappa shape index (κ1) is 17.5. The predicted octanol–water partition coefficient (Wildman–Crippen LogP) is 1.88. The fraction of sp³-hybridized carbons (Fsp3) is 0.250. The molecule has 2 heterocycles. The summed E-state index contributed by atoms with van der Waals surface area (Å²) in [5.74, 6) is 4.37. The van der Waals surface area contributed by atoms with Gasteiger partial charge in [-0.25, -0.2) is 13.5 Å². The van der Waals surface area contributed by atoms with Crippen LogP contribution in [0.4, 0.5) is 14.5 Å². The zero-order valence-corrected chi connectivity index (χ0v) is 14.8. The molecule has 2 aromatic heterocycles. The number of aryl methyl sites for hydroxylation is 1. The minimum Gasteiger partial charge on any atom is -0.335 e. The number of H-pyrrole nitrogens is 1. The number of anilines is 1. The van der Waals surface area contributed by atoms with Crippen LogP contribution in [0.2, 0.25) is 0 Å². The Morgan fingerprint density at radius 3 is 3.00 bits per heavy atom. The van der Waals surface area contributed by atoms with Gasteiger partial charge in [-0.3, -0.25) is 9.89 Å². The van der Waals surface area contributed by atoms with E-state index in [1.54, 1.807) is 0 Å². The van der Waals surface area contributed by atoms with Crippen molar-refractivity contribution in [2.75, 3.05) is 16.9 Å². The number of nitrogens with zero attached hydrogens (tertiary/aromatic N) is 4. The van der Waals surface area contributed by atoms with Gasteiger partial charge in [0.25, 0.3) is 0 Å². The second-order valence-electron chi connectivity index (χ2n) is 6.02. The summed E-state index contributed by atoms with van der Waals surface area (Å²) in [5, 5.41) is 18.0. The van der Waals surface area contributed by atoms with Gasteiger partial charge in [-0.05, 0) is 31.4 Å². The van der Waals surface area contributed by atoms with E-state index in [4.69, 9.17) is 5.84 Å². The molecule has 1 aromatic carbocycles. The summed E-state index contributed by atoms with van der Waals surface area (Å²) >= 11 is 1.05. The molecule has 140 valence electrons. The number of fused-ring (bicyclic) bond motifs is 1. The molecule has 0 aliphatic heterocycles. The number of hydrogen-bond acceptors (Lipinski definition) is 6. The van der Waals surface area contributed by atoms with Crippen molar-refractivity contribution in [1.82, 2.24) is 25.1 Å². The Hall–Kier alpha value is -2.95. The Bertz CT molecular complexity index is 1020. The van der Waals surface area contributed by atoms with Crippen LogP contribution in [0.5, 0.6) is 0 Å². The number of rotatable bonds is 5. The smallest absolute Gasteiger partial charge is 0.234 e. The zero-order valence-electron chi connectivity index (χ0n) is 14.0. The first-order valence-electron chi connectivity index (χ1n) is 8.17. The first-order chi connectivity index (χ1) is 13.0. The van der Waals surface area contributed by atoms with Crippen molar-refractivity contribution < 1.29 is 13.6 Å². The number of aromatic amines is 1. The van der Waals surface area contributed by atoms with Gasteiger partial charge in [0.1, 0.15) is 17.3 Å². The molecule has 1 amide bonds. The van der Waals surface area contributed by atoms with E-state index in [9.17, 15) is 13.6 Å². The molecule has 0 saturated carbocycles. The molecule has 0 saturated heterocycles. The van der Waals surface area contributed by atoms with Crippen LogP contribution >= 0.6 is 11.8 Å². The number of halogens is 2. The van der Waals surface area contributed by atoms with E-state index in [0.717, 1.165) is 54.4 Å². The van der Waals surface area contributed by atoms with Gasteiger partial charge in [0.05, 0.1) is 11.4 Å². The topological polar surface area (TPSA) is 115 Å². The Kier molecular flexibility index (Phi) is 4.52. The van der Waals surface area contributed by atoms with E-state index in [1.165, 1.54) is 4.68 Å². The van der Waals surface area contributed by atoms with Crippen LogP contribution in [-0.2, 0) is 17.6 Å². The minimum absolute atomic E-state index is 0.0647. The maximum atomic E-state index is 13.6. The first-order valence-corrected chi connectivity index (χ1v) is 9.16. The molecule has 11 heteroatoms. The fourth-order valence-corrected chi connectivity index (χ4v) is 3.60. The largest absolute Gasteiger partial charge is 0.335 e. The van der Waals surface area contributed by atoms with Crippen molar-refractivity contribution in [2.45, 2.75) is 24.4 Å². The molecule has 1 aliphatic carbocycles. The molecule has 27 heavy (non-hydrogen) atoms. The highest BCUT2D eigenvalue weighted by molar-refractivity contribution is 7.99. The van der Waals surface area contributed by atoms with Crippen molar-refractivity contribution in [3.63, 3.8) is 0 Å². The van der Waals surface area contributed by atoms with Gasteiger partial charge in [-0.2, -0.15) is 5.10 Å². The van der Waals surface area contributed by atoms with Gasteiger partial charge in [0.15, 0.2) is 0 Å². The maximum Gasteiger partial charge on any atom is 0.234 e. The predicted molar refractivity (Wildman–Crippen MR) is 95.5 cm³/mol. The van der Waals surface area contributed by atoms with Crippen molar-refractivity contribution in [3.8, 4) is 11.5 Å². The Balaban J connectivity index is 1.43. The SMILES string of the molecule is Nn1c(SCC(=O)Nc2ccc(F)cc2F)nnc1-c1n[nH]c2c1CCC2. The number of amides is 1. The van der Waals surface area contributed by atoms with Crippen molar-refractivity contribution in [2.24, 2.45) is 0 Å². The van der Waals surface area contributed by atoms with Gasteiger partial charge >= 0.3 is 0 Å². The number of hydrogen-bond donors (Lipinski definition) is 3. The lowest BCUT2D eigenvalue weighted by atomic mass is 10.2. The third kappa shape index (κ3) is 3.37. The average molecular weight is 391 g/mol. The number of nitrogens with one attached hydrogen (secondary N) is 2. The average Bonchev–Trinajstić information content (AvgIpc) is 3.32. The molecule has 1 aliphatic rings. The van der Waals surface area contributed by atoms with Gasteiger partial charge in [0.2, 0.25) is 16.9 Å². The summed E-state index contributed by atoms with van der Waals surface area (Å²) in [4.78, 5) is 12.0. The molecule has 8 nitrogen and oxygen atoms in total. The molecule has 4 N–H and O–H groups in total. The van der Waals surface area contributed by atoms with Crippen LogP contribution in [0.1, 0.15) is 17.7 Å². The molecule has 4 rings (SSSR count). The Morgan fingerprint density at radius 1 is 1.33 bits per heavy atom. The molecule has 0 radical (unpaired) electrons. The lowest BCUT2D eigenvalue weighted by Crippen LogP contribution is -2.17. The molecule has 0 unspecified atom stereocenters. The molecular formula is C16H15F2N7OS. The van der Waals surface area contributed by atoms with E-state index in [-0.39, 0.29) is 11.4 Å². The molecule has 0 bridgehead atoms. The van der Waals surface area contributed by atoms with E-state index in [0.29, 0.717) is 22.7 Å². The van der Waals surface area contributed by atoms with Gasteiger partial charge < -0.3 is 11.2 Å². The normalized spacial score (nSPS) is 13.0. The highest BCUT2D eigenvalue weighted by Gasteiger charge is 2.24. The van der Waals surface area contributed by atoms with Crippen molar-refractivity contribution >= 4 is 23.4 Å². The number of aromatic nitrogens is 5. The number of carbonyl (C=O) groups is 1. The van der Waals surface area contributed by atoms with Crippen LogP contribution in [-0.4, -0.2) is 36.7 Å². The maximum absolute atomic E-state index is 13.6. The molecule has 3 aromatic rings. The third-order valence-electron chi connectivity index (χ3n) is 4.22. The molecule has 0 spiro atoms. The number of nitrogen functional groups attached to an aromatic ring is 1. The summed E-state index contributed by atoms with van der Waals surface area (Å²) in [7, 11) is 0. The monoisotopic (exact) mass is 391 g/mol. The minimum atomic E-state index is -0.843. The van der Waals surface area contributed by atoms with E-state index in [2.05, 4.69) is 25.7 Å². The van der Waals surface area contributed by atoms with Gasteiger partial charge in [0, 0.05) is 17.3 Å². The number of carbonyl (C=O) groups excluding carboxylic acids is 1. The second-order valence-corrected chi connectivity index (χ2v) is 6.96. The quantitative estimate of drug-likeness (QED) is 0.452. The standard InChI is InChI=1S/C16H15F2N7OS/c17-8-4-5-12(10(18)6-8)20-13(26)7-27-16-24-23-15(25(16)19)14-9-2-1-3-11(9)21-22-14/h4-6H,1-3,7,19H2,(H,20,26)(H,21,22). The summed E-state index contributed by atoms with van der Waals surface area (Å²) in [5.41, 5.74) is 2.75. The van der Waals surface area contributed by atoms with E-state index >= 15 is 0 Å². The van der Waals surface area contributed by atoms with Gasteiger partial charge in [-0.1, -0.05) is 11.8 Å². The highest BCUT2D eigenvalue weighted by atomic mass is 32.2. The van der Waals surface area contributed by atoms with Crippen LogP contribution in [0.25, 0.3) is 11.5 Å². The summed E-state index contributed by atoms with van der Waals surface area (Å²) in [6.07, 6.45) is 2.90. The van der Waals surface area contributed by atoms with Crippen LogP contribution in [0, 0.1) is 11.6 Å². The van der Waals surface area contributed by atoms with Crippen LogP contribution in [0.3, 0.4) is 0 Å². The number of thioether (sulfide) groups is 1. The third-order valence-corrected chi connectivity index (χ3v) is 5.16. The van der Waals surface area contributed by atoms with Crippen molar-refractivity contribution in [1.29, 1.82) is 0 Å². The zero-order chi connectivity index (χ0) is 19.0. The number of nitrogens with two attached hydrogens (primary N) is 1. The van der Waals surface area contributed by atoms with Gasteiger partial charge in [-0.15, -0.1) is 10.2 Å². The number of benzene rings is 1. The molecule has 0 fully saturated rings.